The van der Waals surface area contributed by atoms with Crippen molar-refractivity contribution in [2.24, 2.45) is 5.92 Å². The lowest BCUT2D eigenvalue weighted by atomic mass is 10.0. The molecule has 2 fully saturated rings. The van der Waals surface area contributed by atoms with Gasteiger partial charge in [-0.2, -0.15) is 0 Å². The number of hydrogen-bond donors (Lipinski definition) is 1. The van der Waals surface area contributed by atoms with E-state index in [1.165, 1.54) is 5.69 Å². The number of benzene rings is 1. The van der Waals surface area contributed by atoms with Gasteiger partial charge in [-0.1, -0.05) is 12.1 Å². The number of carbonyl (C=O) groups is 1. The maximum absolute atomic E-state index is 12.2. The summed E-state index contributed by atoms with van der Waals surface area (Å²) in [7, 11) is 0. The van der Waals surface area contributed by atoms with Crippen molar-refractivity contribution in [3.63, 3.8) is 0 Å². The molecule has 0 spiro atoms. The van der Waals surface area contributed by atoms with Crippen LogP contribution in [0.15, 0.2) is 30.3 Å². The van der Waals surface area contributed by atoms with Crippen LogP contribution in [0.25, 0.3) is 6.08 Å². The molecule has 1 aromatic carbocycles. The number of carbonyl (C=O) groups excluding carboxylic acids is 1. The van der Waals surface area contributed by atoms with E-state index in [2.05, 4.69) is 17.0 Å². The highest BCUT2D eigenvalue weighted by Gasteiger charge is 2.27. The van der Waals surface area contributed by atoms with Crippen LogP contribution < -0.4 is 4.90 Å². The summed E-state index contributed by atoms with van der Waals surface area (Å²) in [6.07, 6.45) is 4.03. The van der Waals surface area contributed by atoms with Crippen LogP contribution in [0, 0.1) is 5.92 Å². The third-order valence-corrected chi connectivity index (χ3v) is 4.91. The summed E-state index contributed by atoms with van der Waals surface area (Å²) in [6, 6.07) is 8.26. The maximum atomic E-state index is 12.2. The zero-order chi connectivity index (χ0) is 16.9. The van der Waals surface area contributed by atoms with Crippen molar-refractivity contribution in [1.82, 2.24) is 4.90 Å². The average molecular weight is 330 g/mol. The largest absolute Gasteiger partial charge is 0.393 e. The highest BCUT2D eigenvalue weighted by atomic mass is 16.5. The molecule has 0 radical (unpaired) electrons. The van der Waals surface area contributed by atoms with Crippen LogP contribution in [0.4, 0.5) is 5.69 Å². The fourth-order valence-electron chi connectivity index (χ4n) is 3.27. The van der Waals surface area contributed by atoms with Crippen LogP contribution in [-0.4, -0.2) is 61.4 Å². The number of aliphatic hydroxyl groups excluding tert-OH is 1. The Morgan fingerprint density at radius 1 is 1.25 bits per heavy atom. The number of rotatable bonds is 4. The van der Waals surface area contributed by atoms with Gasteiger partial charge in [0.2, 0.25) is 5.91 Å². The van der Waals surface area contributed by atoms with Crippen LogP contribution in [0.1, 0.15) is 18.9 Å². The van der Waals surface area contributed by atoms with Crippen molar-refractivity contribution in [2.75, 3.05) is 44.3 Å². The average Bonchev–Trinajstić information content (AvgIpc) is 3.11. The molecule has 5 heteroatoms. The zero-order valence-corrected chi connectivity index (χ0v) is 14.2. The van der Waals surface area contributed by atoms with E-state index < -0.39 is 0 Å². The first-order chi connectivity index (χ1) is 11.6. The molecule has 1 amide bonds. The lowest BCUT2D eigenvalue weighted by Gasteiger charge is -2.28. The van der Waals surface area contributed by atoms with E-state index in [0.29, 0.717) is 6.54 Å². The molecule has 0 aliphatic carbocycles. The highest BCUT2D eigenvalue weighted by molar-refractivity contribution is 5.92. The van der Waals surface area contributed by atoms with Crippen molar-refractivity contribution in [3.05, 3.63) is 35.9 Å². The minimum Gasteiger partial charge on any atom is -0.393 e. The van der Waals surface area contributed by atoms with Gasteiger partial charge in [0.25, 0.3) is 0 Å². The number of morpholine rings is 1. The first-order valence-electron chi connectivity index (χ1n) is 8.71. The van der Waals surface area contributed by atoms with Gasteiger partial charge in [0, 0.05) is 43.9 Å². The van der Waals surface area contributed by atoms with Crippen molar-refractivity contribution >= 4 is 17.7 Å². The molecule has 1 N–H and O–H groups in total. The number of aliphatic hydroxyl groups is 1. The van der Waals surface area contributed by atoms with E-state index in [1.807, 2.05) is 23.1 Å². The Hall–Kier alpha value is -1.85. The lowest BCUT2D eigenvalue weighted by Crippen LogP contribution is -2.36. The van der Waals surface area contributed by atoms with Gasteiger partial charge in [-0.3, -0.25) is 4.79 Å². The van der Waals surface area contributed by atoms with Gasteiger partial charge in [0.15, 0.2) is 0 Å². The fourth-order valence-corrected chi connectivity index (χ4v) is 3.27. The molecule has 3 rings (SSSR count). The van der Waals surface area contributed by atoms with Gasteiger partial charge in [-0.05, 0) is 37.1 Å². The Bertz CT molecular complexity index is 577. The molecule has 2 saturated heterocycles. The van der Waals surface area contributed by atoms with E-state index in [1.54, 1.807) is 13.0 Å². The molecule has 0 bridgehead atoms. The molecular weight excluding hydrogens is 304 g/mol. The standard InChI is InChI=1S/C19H26N2O3/c1-15(22)17-8-9-21(14-17)19(23)7-4-16-2-5-18(6-3-16)20-10-12-24-13-11-20/h2-7,15,17,22H,8-14H2,1H3/b7-4+. The van der Waals surface area contributed by atoms with E-state index in [9.17, 15) is 9.90 Å². The first-order valence-corrected chi connectivity index (χ1v) is 8.71. The van der Waals surface area contributed by atoms with Crippen LogP contribution in [0.5, 0.6) is 0 Å². The second-order valence-corrected chi connectivity index (χ2v) is 6.60. The summed E-state index contributed by atoms with van der Waals surface area (Å²) in [5.41, 5.74) is 2.22. The van der Waals surface area contributed by atoms with Crippen LogP contribution in [0.2, 0.25) is 0 Å². The Morgan fingerprint density at radius 2 is 1.96 bits per heavy atom. The predicted molar refractivity (Wildman–Crippen MR) is 94.9 cm³/mol. The quantitative estimate of drug-likeness (QED) is 0.855. The minimum absolute atomic E-state index is 0.0235. The number of amides is 1. The summed E-state index contributed by atoms with van der Waals surface area (Å²) in [5.74, 6) is 0.227. The molecule has 2 atom stereocenters. The fraction of sp³-hybridized carbons (Fsp3) is 0.526. The topological polar surface area (TPSA) is 53.0 Å². The van der Waals surface area contributed by atoms with Gasteiger partial charge in [0.1, 0.15) is 0 Å². The monoisotopic (exact) mass is 330 g/mol. The number of anilines is 1. The smallest absolute Gasteiger partial charge is 0.246 e. The first kappa shape index (κ1) is 17.0. The predicted octanol–water partition coefficient (Wildman–Crippen LogP) is 1.77. The zero-order valence-electron chi connectivity index (χ0n) is 14.2. The second-order valence-electron chi connectivity index (χ2n) is 6.60. The Balaban J connectivity index is 1.55. The lowest BCUT2D eigenvalue weighted by molar-refractivity contribution is -0.125. The normalized spacial score (nSPS) is 23.0. The SMILES string of the molecule is CC(O)C1CCN(C(=O)/C=C/c2ccc(N3CCOCC3)cc2)C1. The molecule has 2 aliphatic heterocycles. The van der Waals surface area contributed by atoms with Crippen molar-refractivity contribution in [2.45, 2.75) is 19.4 Å². The molecule has 130 valence electrons. The van der Waals surface area contributed by atoms with Gasteiger partial charge < -0.3 is 19.6 Å². The van der Waals surface area contributed by atoms with Gasteiger partial charge in [0.05, 0.1) is 19.3 Å². The molecular formula is C19H26N2O3. The Labute approximate surface area is 143 Å². The Morgan fingerprint density at radius 3 is 2.58 bits per heavy atom. The summed E-state index contributed by atoms with van der Waals surface area (Å²) in [6.45, 7) is 6.58. The van der Waals surface area contributed by atoms with Crippen LogP contribution in [0.3, 0.4) is 0 Å². The second kappa shape index (κ2) is 7.81. The van der Waals surface area contributed by atoms with E-state index in [-0.39, 0.29) is 17.9 Å². The van der Waals surface area contributed by atoms with Crippen LogP contribution in [-0.2, 0) is 9.53 Å². The Kier molecular flexibility index (Phi) is 5.53. The molecule has 0 saturated carbocycles. The molecule has 2 aliphatic rings. The summed E-state index contributed by atoms with van der Waals surface area (Å²) >= 11 is 0. The van der Waals surface area contributed by atoms with E-state index >= 15 is 0 Å². The number of ether oxygens (including phenoxy) is 1. The van der Waals surface area contributed by atoms with Crippen LogP contribution >= 0.6 is 0 Å². The third-order valence-electron chi connectivity index (χ3n) is 4.91. The summed E-state index contributed by atoms with van der Waals surface area (Å²) < 4.78 is 5.37. The van der Waals surface area contributed by atoms with Gasteiger partial charge >= 0.3 is 0 Å². The molecule has 5 nitrogen and oxygen atoms in total. The van der Waals surface area contributed by atoms with Gasteiger partial charge in [-0.25, -0.2) is 0 Å². The molecule has 1 aromatic rings. The molecule has 2 unspecified atom stereocenters. The highest BCUT2D eigenvalue weighted by Crippen LogP contribution is 2.20. The maximum Gasteiger partial charge on any atom is 0.246 e. The minimum atomic E-state index is -0.348. The van der Waals surface area contributed by atoms with E-state index in [4.69, 9.17) is 4.74 Å². The van der Waals surface area contributed by atoms with Crippen molar-refractivity contribution in [3.8, 4) is 0 Å². The molecule has 0 aromatic heterocycles. The van der Waals surface area contributed by atoms with Gasteiger partial charge in [-0.15, -0.1) is 0 Å². The van der Waals surface area contributed by atoms with E-state index in [0.717, 1.165) is 44.8 Å². The molecule has 24 heavy (non-hydrogen) atoms. The third kappa shape index (κ3) is 4.16. The number of likely N-dealkylation sites (tertiary alicyclic amines) is 1. The summed E-state index contributed by atoms with van der Waals surface area (Å²) in [5, 5.41) is 9.63. The summed E-state index contributed by atoms with van der Waals surface area (Å²) in [4.78, 5) is 16.4. The van der Waals surface area contributed by atoms with Crippen molar-refractivity contribution in [1.29, 1.82) is 0 Å². The molecule has 2 heterocycles. The van der Waals surface area contributed by atoms with Crippen molar-refractivity contribution < 1.29 is 14.6 Å². The number of nitrogens with zero attached hydrogens (tertiary/aromatic N) is 2. The number of hydrogen-bond acceptors (Lipinski definition) is 4.